The van der Waals surface area contributed by atoms with Crippen LogP contribution in [0.3, 0.4) is 0 Å². The number of rotatable bonds is 7. The summed E-state index contributed by atoms with van der Waals surface area (Å²) in [4.78, 5) is 11.3. The molecular weight excluding hydrogens is 254 g/mol. The average molecular weight is 271 g/mol. The molecule has 1 aromatic rings. The zero-order valence-electron chi connectivity index (χ0n) is 10.3. The number of sulfonamides is 1. The molecule has 0 bridgehead atoms. The Morgan fingerprint density at radius 3 is 2.56 bits per heavy atom. The van der Waals surface area contributed by atoms with Gasteiger partial charge in [-0.05, 0) is 12.5 Å². The van der Waals surface area contributed by atoms with Gasteiger partial charge in [0.25, 0.3) is 0 Å². The molecule has 0 saturated carbocycles. The Hall–Kier alpha value is -1.40. The van der Waals surface area contributed by atoms with Crippen molar-refractivity contribution < 1.29 is 17.9 Å². The zero-order chi connectivity index (χ0) is 13.4. The highest BCUT2D eigenvalue weighted by Gasteiger charge is 2.11. The third-order valence-corrected chi connectivity index (χ3v) is 3.53. The number of amides is 1. The Morgan fingerprint density at radius 2 is 1.94 bits per heavy atom. The highest BCUT2D eigenvalue weighted by Crippen LogP contribution is 2.00. The van der Waals surface area contributed by atoms with E-state index in [4.69, 9.17) is 4.74 Å². The lowest BCUT2D eigenvalue weighted by Crippen LogP contribution is -2.32. The Bertz CT molecular complexity index is 470. The molecule has 100 valence electrons. The topological polar surface area (TPSA) is 72.5 Å². The summed E-state index contributed by atoms with van der Waals surface area (Å²) in [6, 6.07) is 9.55. The van der Waals surface area contributed by atoms with Crippen molar-refractivity contribution in [2.24, 2.45) is 0 Å². The van der Waals surface area contributed by atoms with E-state index in [0.29, 0.717) is 6.61 Å². The fourth-order valence-corrected chi connectivity index (χ4v) is 1.82. The van der Waals surface area contributed by atoms with Gasteiger partial charge in [0.05, 0.1) is 25.4 Å². The average Bonchev–Trinajstić information content (AvgIpc) is 2.35. The summed E-state index contributed by atoms with van der Waals surface area (Å²) in [5, 5.41) is 0. The van der Waals surface area contributed by atoms with Crippen LogP contribution in [0.25, 0.3) is 0 Å². The van der Waals surface area contributed by atoms with E-state index in [0.717, 1.165) is 5.56 Å². The van der Waals surface area contributed by atoms with Crippen LogP contribution >= 0.6 is 0 Å². The summed E-state index contributed by atoms with van der Waals surface area (Å²) in [7, 11) is -3.46. The summed E-state index contributed by atoms with van der Waals surface area (Å²) in [5.74, 6) is -0.645. The van der Waals surface area contributed by atoms with Crippen molar-refractivity contribution in [3.05, 3.63) is 35.9 Å². The smallest absolute Gasteiger partial charge is 0.235 e. The molecule has 0 aliphatic heterocycles. The number of ether oxygens (including phenoxy) is 1. The second-order valence-corrected chi connectivity index (χ2v) is 5.73. The van der Waals surface area contributed by atoms with Crippen LogP contribution in [0.5, 0.6) is 0 Å². The van der Waals surface area contributed by atoms with E-state index in [1.54, 1.807) is 0 Å². The van der Waals surface area contributed by atoms with Crippen LogP contribution in [0.1, 0.15) is 18.9 Å². The molecule has 0 atom stereocenters. The molecule has 1 rings (SSSR count). The van der Waals surface area contributed by atoms with Crippen molar-refractivity contribution in [2.75, 3.05) is 12.4 Å². The van der Waals surface area contributed by atoms with Crippen molar-refractivity contribution in [3.8, 4) is 0 Å². The Labute approximate surface area is 107 Å². The Morgan fingerprint density at radius 1 is 1.28 bits per heavy atom. The van der Waals surface area contributed by atoms with Gasteiger partial charge in [-0.25, -0.2) is 8.42 Å². The molecule has 0 aromatic heterocycles. The van der Waals surface area contributed by atoms with E-state index in [1.165, 1.54) is 6.92 Å². The lowest BCUT2D eigenvalue weighted by Gasteiger charge is -2.05. The van der Waals surface area contributed by atoms with Gasteiger partial charge in [-0.15, -0.1) is 0 Å². The van der Waals surface area contributed by atoms with Crippen LogP contribution in [0.2, 0.25) is 0 Å². The van der Waals surface area contributed by atoms with Crippen LogP contribution in [0.15, 0.2) is 30.3 Å². The van der Waals surface area contributed by atoms with E-state index in [2.05, 4.69) is 0 Å². The fraction of sp³-hybridized carbons (Fsp3) is 0.417. The summed E-state index contributed by atoms with van der Waals surface area (Å²) in [5.41, 5.74) is 1.01. The monoisotopic (exact) mass is 271 g/mol. The first-order chi connectivity index (χ1) is 8.53. The van der Waals surface area contributed by atoms with Gasteiger partial charge in [0.2, 0.25) is 15.9 Å². The molecule has 0 radical (unpaired) electrons. The van der Waals surface area contributed by atoms with Gasteiger partial charge in [0, 0.05) is 0 Å². The van der Waals surface area contributed by atoms with E-state index in [1.807, 2.05) is 35.1 Å². The third kappa shape index (κ3) is 5.79. The minimum Gasteiger partial charge on any atom is -0.376 e. The Balaban J connectivity index is 2.21. The van der Waals surface area contributed by atoms with E-state index in [-0.39, 0.29) is 18.8 Å². The minimum absolute atomic E-state index is 0.0338. The molecule has 1 N–H and O–H groups in total. The highest BCUT2D eigenvalue weighted by molar-refractivity contribution is 7.90. The number of carbonyl (C=O) groups is 1. The summed E-state index contributed by atoms with van der Waals surface area (Å²) in [6.45, 7) is 2.08. The molecule has 18 heavy (non-hydrogen) atoms. The van der Waals surface area contributed by atoms with E-state index >= 15 is 0 Å². The molecular formula is C12H17NO4S. The van der Waals surface area contributed by atoms with E-state index in [9.17, 15) is 13.2 Å². The number of carbonyl (C=O) groups excluding carboxylic acids is 1. The fourth-order valence-electron chi connectivity index (χ4n) is 1.23. The maximum atomic E-state index is 11.3. The first-order valence-corrected chi connectivity index (χ1v) is 7.33. The molecule has 0 aliphatic carbocycles. The number of benzene rings is 1. The van der Waals surface area contributed by atoms with Gasteiger partial charge in [-0.1, -0.05) is 30.3 Å². The first-order valence-electron chi connectivity index (χ1n) is 5.68. The third-order valence-electron chi connectivity index (χ3n) is 2.23. The van der Waals surface area contributed by atoms with Crippen molar-refractivity contribution in [2.45, 2.75) is 20.0 Å². The first kappa shape index (κ1) is 14.7. The molecule has 5 nitrogen and oxygen atoms in total. The zero-order valence-corrected chi connectivity index (χ0v) is 11.1. The predicted octanol–water partition coefficient (Wildman–Crippen LogP) is 1.06. The SMILES string of the molecule is CCS(=O)(=O)NC(=O)CCOCc1ccccc1. The lowest BCUT2D eigenvalue weighted by atomic mass is 10.2. The quantitative estimate of drug-likeness (QED) is 0.753. The van der Waals surface area contributed by atoms with Crippen LogP contribution in [0.4, 0.5) is 0 Å². The molecule has 0 heterocycles. The summed E-state index contributed by atoms with van der Waals surface area (Å²) >= 11 is 0. The molecule has 0 aliphatic rings. The van der Waals surface area contributed by atoms with Crippen molar-refractivity contribution in [1.82, 2.24) is 4.72 Å². The second-order valence-electron chi connectivity index (χ2n) is 3.72. The van der Waals surface area contributed by atoms with Gasteiger partial charge in [0.1, 0.15) is 0 Å². The van der Waals surface area contributed by atoms with Gasteiger partial charge >= 0.3 is 0 Å². The van der Waals surface area contributed by atoms with Gasteiger partial charge in [0.15, 0.2) is 0 Å². The van der Waals surface area contributed by atoms with Gasteiger partial charge in [-0.3, -0.25) is 9.52 Å². The van der Waals surface area contributed by atoms with E-state index < -0.39 is 15.9 Å². The van der Waals surface area contributed by atoms with Crippen molar-refractivity contribution in [3.63, 3.8) is 0 Å². The largest absolute Gasteiger partial charge is 0.376 e. The van der Waals surface area contributed by atoms with Crippen LogP contribution < -0.4 is 4.72 Å². The molecule has 6 heteroatoms. The Kier molecular flexibility index (Phi) is 5.80. The highest BCUT2D eigenvalue weighted by atomic mass is 32.2. The molecule has 0 unspecified atom stereocenters. The standard InChI is InChI=1S/C12H17NO4S/c1-2-18(15,16)13-12(14)8-9-17-10-11-6-4-3-5-7-11/h3-7H,2,8-10H2,1H3,(H,13,14). The van der Waals surface area contributed by atoms with Crippen LogP contribution in [-0.2, 0) is 26.2 Å². The minimum atomic E-state index is -3.46. The maximum Gasteiger partial charge on any atom is 0.235 e. The van der Waals surface area contributed by atoms with Crippen LogP contribution in [-0.4, -0.2) is 26.7 Å². The molecule has 0 spiro atoms. The maximum absolute atomic E-state index is 11.3. The molecule has 0 fully saturated rings. The van der Waals surface area contributed by atoms with Gasteiger partial charge < -0.3 is 4.74 Å². The summed E-state index contributed by atoms with van der Waals surface area (Å²) in [6.07, 6.45) is 0.0338. The normalized spacial score (nSPS) is 11.2. The van der Waals surface area contributed by atoms with Gasteiger partial charge in [-0.2, -0.15) is 0 Å². The summed E-state index contributed by atoms with van der Waals surface area (Å²) < 4.78 is 29.4. The van der Waals surface area contributed by atoms with Crippen molar-refractivity contribution >= 4 is 15.9 Å². The van der Waals surface area contributed by atoms with Crippen molar-refractivity contribution in [1.29, 1.82) is 0 Å². The second kappa shape index (κ2) is 7.13. The van der Waals surface area contributed by atoms with Crippen LogP contribution in [0, 0.1) is 0 Å². The number of hydrogen-bond donors (Lipinski definition) is 1. The molecule has 1 aromatic carbocycles. The lowest BCUT2D eigenvalue weighted by molar-refractivity contribution is -0.120. The molecule has 0 saturated heterocycles. The molecule has 1 amide bonds. The number of nitrogens with one attached hydrogen (secondary N) is 1. The predicted molar refractivity (Wildman–Crippen MR) is 68.3 cm³/mol. The number of hydrogen-bond acceptors (Lipinski definition) is 4.